The molecule has 88 valence electrons. The first-order valence-electron chi connectivity index (χ1n) is 4.94. The van der Waals surface area contributed by atoms with Crippen LogP contribution in [0.5, 0.6) is 0 Å². The quantitative estimate of drug-likeness (QED) is 0.487. The fourth-order valence-electron chi connectivity index (χ4n) is 1.50. The molecule has 0 aliphatic carbocycles. The molecule has 1 fully saturated rings. The van der Waals surface area contributed by atoms with E-state index in [4.69, 9.17) is 15.3 Å². The number of aliphatic carboxylic acids is 1. The molecule has 5 heteroatoms. The normalized spacial score (nSPS) is 24.1. The van der Waals surface area contributed by atoms with Gasteiger partial charge in [0.1, 0.15) is 5.54 Å². The number of carboxylic acids is 1. The molecule has 0 bridgehead atoms. The summed E-state index contributed by atoms with van der Waals surface area (Å²) in [7, 11) is 0. The third-order valence-electron chi connectivity index (χ3n) is 2.25. The second kappa shape index (κ2) is 7.39. The Morgan fingerprint density at radius 2 is 2.07 bits per heavy atom. The molecule has 0 aromatic rings. The van der Waals surface area contributed by atoms with E-state index >= 15 is 0 Å². The van der Waals surface area contributed by atoms with Crippen LogP contribution in [0.25, 0.3) is 0 Å². The standard InChI is InChI=1S/C8H13NO2.C2H6O2/c1-2-4-8(7(10)11)5-3-6-9-8;3-1-2-4/h2,9H,1,3-6H2,(H,10,11);3-4H,1-2H2/t8-;/m0./s1. The molecular weight excluding hydrogens is 198 g/mol. The van der Waals surface area contributed by atoms with Gasteiger partial charge in [0.25, 0.3) is 0 Å². The minimum absolute atomic E-state index is 0.125. The largest absolute Gasteiger partial charge is 0.480 e. The molecule has 0 saturated carbocycles. The molecule has 0 spiro atoms. The highest BCUT2D eigenvalue weighted by Crippen LogP contribution is 2.23. The maximum Gasteiger partial charge on any atom is 0.324 e. The average Bonchev–Trinajstić information content (AvgIpc) is 2.69. The summed E-state index contributed by atoms with van der Waals surface area (Å²) in [6, 6.07) is 0. The van der Waals surface area contributed by atoms with E-state index in [0.717, 1.165) is 13.0 Å². The van der Waals surface area contributed by atoms with Crippen molar-refractivity contribution in [2.75, 3.05) is 19.8 Å². The zero-order chi connectivity index (χ0) is 11.7. The summed E-state index contributed by atoms with van der Waals surface area (Å²) in [5, 5.41) is 27.1. The summed E-state index contributed by atoms with van der Waals surface area (Å²) in [4.78, 5) is 10.8. The van der Waals surface area contributed by atoms with Crippen molar-refractivity contribution in [2.45, 2.75) is 24.8 Å². The number of carbonyl (C=O) groups is 1. The van der Waals surface area contributed by atoms with Crippen molar-refractivity contribution >= 4 is 5.97 Å². The smallest absolute Gasteiger partial charge is 0.324 e. The predicted octanol–water partition coefficient (Wildman–Crippen LogP) is -0.260. The molecule has 1 aliphatic heterocycles. The Hall–Kier alpha value is -0.910. The summed E-state index contributed by atoms with van der Waals surface area (Å²) in [6.45, 7) is 4.10. The molecule has 0 aromatic heterocycles. The Balaban J connectivity index is 0.000000423. The van der Waals surface area contributed by atoms with Crippen LogP contribution >= 0.6 is 0 Å². The van der Waals surface area contributed by atoms with Gasteiger partial charge in [0.05, 0.1) is 13.2 Å². The molecule has 5 nitrogen and oxygen atoms in total. The Bertz CT molecular complexity index is 198. The number of nitrogens with one attached hydrogen (secondary N) is 1. The lowest BCUT2D eigenvalue weighted by atomic mass is 9.94. The highest BCUT2D eigenvalue weighted by Gasteiger charge is 2.39. The van der Waals surface area contributed by atoms with Crippen molar-refractivity contribution in [1.82, 2.24) is 5.32 Å². The highest BCUT2D eigenvalue weighted by atomic mass is 16.4. The molecule has 15 heavy (non-hydrogen) atoms. The molecule has 1 atom stereocenters. The maximum atomic E-state index is 10.8. The fraction of sp³-hybridized carbons (Fsp3) is 0.700. The van der Waals surface area contributed by atoms with Crippen molar-refractivity contribution in [3.05, 3.63) is 12.7 Å². The maximum absolute atomic E-state index is 10.8. The lowest BCUT2D eigenvalue weighted by Crippen LogP contribution is -2.46. The minimum atomic E-state index is -0.755. The number of carboxylic acid groups (broad SMARTS) is 1. The zero-order valence-electron chi connectivity index (χ0n) is 8.78. The third-order valence-corrected chi connectivity index (χ3v) is 2.25. The van der Waals surface area contributed by atoms with Gasteiger partial charge in [0, 0.05) is 0 Å². The van der Waals surface area contributed by atoms with Gasteiger partial charge in [-0.25, -0.2) is 0 Å². The van der Waals surface area contributed by atoms with Crippen LogP contribution in [0.2, 0.25) is 0 Å². The van der Waals surface area contributed by atoms with Crippen molar-refractivity contribution < 1.29 is 20.1 Å². The number of aliphatic hydroxyl groups is 2. The minimum Gasteiger partial charge on any atom is -0.480 e. The Morgan fingerprint density at radius 1 is 1.47 bits per heavy atom. The molecule has 1 aliphatic rings. The van der Waals surface area contributed by atoms with E-state index in [9.17, 15) is 4.79 Å². The van der Waals surface area contributed by atoms with E-state index in [2.05, 4.69) is 11.9 Å². The molecular formula is C10H19NO4. The summed E-state index contributed by atoms with van der Waals surface area (Å²) in [5.74, 6) is -0.755. The zero-order valence-corrected chi connectivity index (χ0v) is 8.78. The van der Waals surface area contributed by atoms with Gasteiger partial charge in [0.2, 0.25) is 0 Å². The number of hydrogen-bond acceptors (Lipinski definition) is 4. The first-order valence-corrected chi connectivity index (χ1v) is 4.94. The molecule has 1 saturated heterocycles. The Labute approximate surface area is 89.4 Å². The Morgan fingerprint density at radius 3 is 2.33 bits per heavy atom. The topological polar surface area (TPSA) is 89.8 Å². The fourth-order valence-corrected chi connectivity index (χ4v) is 1.50. The second-order valence-corrected chi connectivity index (χ2v) is 3.36. The molecule has 0 aromatic carbocycles. The van der Waals surface area contributed by atoms with E-state index in [1.54, 1.807) is 6.08 Å². The molecule has 0 unspecified atom stereocenters. The van der Waals surface area contributed by atoms with Gasteiger partial charge in [-0.3, -0.25) is 4.79 Å². The average molecular weight is 217 g/mol. The monoisotopic (exact) mass is 217 g/mol. The molecule has 0 radical (unpaired) electrons. The van der Waals surface area contributed by atoms with Gasteiger partial charge < -0.3 is 20.6 Å². The van der Waals surface area contributed by atoms with Gasteiger partial charge in [-0.2, -0.15) is 0 Å². The van der Waals surface area contributed by atoms with Crippen LogP contribution in [0.15, 0.2) is 12.7 Å². The predicted molar refractivity (Wildman–Crippen MR) is 56.6 cm³/mol. The van der Waals surface area contributed by atoms with Crippen LogP contribution < -0.4 is 5.32 Å². The molecule has 1 heterocycles. The van der Waals surface area contributed by atoms with Crippen LogP contribution in [0.3, 0.4) is 0 Å². The van der Waals surface area contributed by atoms with Crippen molar-refractivity contribution in [2.24, 2.45) is 0 Å². The molecule has 0 amide bonds. The number of rotatable bonds is 4. The number of aliphatic hydroxyl groups excluding tert-OH is 2. The van der Waals surface area contributed by atoms with Crippen LogP contribution in [0, 0.1) is 0 Å². The van der Waals surface area contributed by atoms with Gasteiger partial charge in [-0.05, 0) is 25.8 Å². The first kappa shape index (κ1) is 14.1. The van der Waals surface area contributed by atoms with Gasteiger partial charge in [-0.15, -0.1) is 6.58 Å². The van der Waals surface area contributed by atoms with Crippen LogP contribution in [-0.4, -0.2) is 46.6 Å². The van der Waals surface area contributed by atoms with E-state index in [1.165, 1.54) is 0 Å². The summed E-state index contributed by atoms with van der Waals surface area (Å²) in [6.07, 6.45) is 3.84. The molecule has 4 N–H and O–H groups in total. The van der Waals surface area contributed by atoms with Crippen molar-refractivity contribution in [3.63, 3.8) is 0 Å². The highest BCUT2D eigenvalue weighted by molar-refractivity contribution is 5.79. The first-order chi connectivity index (χ1) is 7.13. The Kier molecular flexibility index (Phi) is 6.94. The van der Waals surface area contributed by atoms with Crippen molar-refractivity contribution in [1.29, 1.82) is 0 Å². The second-order valence-electron chi connectivity index (χ2n) is 3.36. The van der Waals surface area contributed by atoms with Gasteiger partial charge in [0.15, 0.2) is 0 Å². The van der Waals surface area contributed by atoms with E-state index in [-0.39, 0.29) is 13.2 Å². The van der Waals surface area contributed by atoms with Crippen LogP contribution in [-0.2, 0) is 4.79 Å². The van der Waals surface area contributed by atoms with Crippen LogP contribution in [0.4, 0.5) is 0 Å². The lowest BCUT2D eigenvalue weighted by molar-refractivity contribution is -0.144. The van der Waals surface area contributed by atoms with E-state index in [1.807, 2.05) is 0 Å². The third kappa shape index (κ3) is 4.42. The summed E-state index contributed by atoms with van der Waals surface area (Å²) in [5.41, 5.74) is -0.707. The summed E-state index contributed by atoms with van der Waals surface area (Å²) < 4.78 is 0. The van der Waals surface area contributed by atoms with Gasteiger partial charge >= 0.3 is 5.97 Å². The lowest BCUT2D eigenvalue weighted by Gasteiger charge is -2.22. The van der Waals surface area contributed by atoms with Crippen molar-refractivity contribution in [3.8, 4) is 0 Å². The van der Waals surface area contributed by atoms with E-state index < -0.39 is 11.5 Å². The van der Waals surface area contributed by atoms with E-state index in [0.29, 0.717) is 12.8 Å². The molecule has 1 rings (SSSR count). The number of hydrogen-bond donors (Lipinski definition) is 4. The van der Waals surface area contributed by atoms with Crippen LogP contribution in [0.1, 0.15) is 19.3 Å². The SMILES string of the molecule is C=CC[C@@]1(C(=O)O)CCCN1.OCCO. The van der Waals surface area contributed by atoms with Gasteiger partial charge in [-0.1, -0.05) is 6.08 Å². The summed E-state index contributed by atoms with van der Waals surface area (Å²) >= 11 is 0.